The topological polar surface area (TPSA) is 104 Å². The number of fused-ring (bicyclic) bond motifs is 1. The molecule has 7 nitrogen and oxygen atoms in total. The number of phenolic OH excluding ortho intramolecular Hbond substituents is 1. The van der Waals surface area contributed by atoms with Gasteiger partial charge in [0, 0.05) is 48.2 Å². The quantitative estimate of drug-likeness (QED) is 0.217. The number of carbonyl (C=O) groups excluding carboxylic acids is 1. The zero-order chi connectivity index (χ0) is 29.5. The van der Waals surface area contributed by atoms with Crippen molar-refractivity contribution in [3.05, 3.63) is 95.7 Å². The Hall–Kier alpha value is -5.12. The van der Waals surface area contributed by atoms with Crippen LogP contribution in [0.5, 0.6) is 5.75 Å². The Balaban J connectivity index is 1.61. The molecule has 0 saturated heterocycles. The van der Waals surface area contributed by atoms with Gasteiger partial charge in [0.15, 0.2) is 0 Å². The van der Waals surface area contributed by atoms with Crippen molar-refractivity contribution < 1.29 is 23.1 Å². The molecule has 1 amide bonds. The Morgan fingerprint density at radius 2 is 1.71 bits per heavy atom. The van der Waals surface area contributed by atoms with Crippen molar-refractivity contribution in [2.45, 2.75) is 13.1 Å². The number of amides is 1. The molecule has 5 aromatic rings. The lowest BCUT2D eigenvalue weighted by Gasteiger charge is -2.17. The first kappa shape index (κ1) is 27.4. The molecule has 0 radical (unpaired) electrons. The summed E-state index contributed by atoms with van der Waals surface area (Å²) in [6.45, 7) is 1.83. The van der Waals surface area contributed by atoms with E-state index in [1.807, 2.05) is 50.2 Å². The van der Waals surface area contributed by atoms with Gasteiger partial charge in [0.1, 0.15) is 5.75 Å². The number of alkyl halides is 3. The van der Waals surface area contributed by atoms with E-state index in [2.05, 4.69) is 15.3 Å². The minimum atomic E-state index is -4.54. The summed E-state index contributed by atoms with van der Waals surface area (Å²) >= 11 is 0. The van der Waals surface area contributed by atoms with Gasteiger partial charge in [0.25, 0.3) is 5.91 Å². The third kappa shape index (κ3) is 5.49. The van der Waals surface area contributed by atoms with Crippen LogP contribution in [-0.4, -0.2) is 35.1 Å². The smallest absolute Gasteiger partial charge is 0.416 e. The number of nitrogens with two attached hydrogens (primary N) is 1. The average Bonchev–Trinajstić information content (AvgIpc) is 2.93. The summed E-state index contributed by atoms with van der Waals surface area (Å²) in [6.07, 6.45) is -2.97. The highest BCUT2D eigenvalue weighted by Crippen LogP contribution is 2.44. The molecule has 4 N–H and O–H groups in total. The molecule has 1 aromatic heterocycles. The molecular formula is C31H26F3N5O2. The lowest BCUT2D eigenvalue weighted by Crippen LogP contribution is -2.13. The summed E-state index contributed by atoms with van der Waals surface area (Å²) < 4.78 is 39.4. The second kappa shape index (κ2) is 10.5. The SMILES string of the molecule is Cc1ccc(C(=O)Nc2cccc(C(F)(F)F)c2)cc1-c1cc2cnc(N)nc2c(-c2ccc(N(C)C)cc2)c1O. The number of benzene rings is 4. The highest BCUT2D eigenvalue weighted by Gasteiger charge is 2.30. The van der Waals surface area contributed by atoms with Crippen molar-refractivity contribution in [1.82, 2.24) is 9.97 Å². The molecule has 5 rings (SSSR count). The first-order valence-corrected chi connectivity index (χ1v) is 12.6. The van der Waals surface area contributed by atoms with E-state index in [9.17, 15) is 23.1 Å². The molecular weight excluding hydrogens is 531 g/mol. The molecule has 0 unspecified atom stereocenters. The lowest BCUT2D eigenvalue weighted by molar-refractivity contribution is -0.137. The van der Waals surface area contributed by atoms with Gasteiger partial charge in [0.2, 0.25) is 5.95 Å². The Kier molecular flexibility index (Phi) is 7.00. The standard InChI is InChI=1S/C31H26F3N5O2/c1-17-7-8-19(29(41)37-22-6-4-5-21(15-22)31(32,33)34)13-24(17)25-14-20-16-36-30(35)38-27(20)26(28(25)40)18-9-11-23(12-10-18)39(2)3/h4-16,40H,1-3H3,(H,37,41)(H2,35,36,38). The summed E-state index contributed by atoms with van der Waals surface area (Å²) in [5.74, 6) is -0.603. The largest absolute Gasteiger partial charge is 0.507 e. The number of nitrogens with one attached hydrogen (secondary N) is 1. The minimum absolute atomic E-state index is 0.0127. The van der Waals surface area contributed by atoms with Gasteiger partial charge in [-0.1, -0.05) is 24.3 Å². The van der Waals surface area contributed by atoms with Gasteiger partial charge in [-0.3, -0.25) is 4.79 Å². The van der Waals surface area contributed by atoms with E-state index in [0.717, 1.165) is 23.4 Å². The second-order valence-electron chi connectivity index (χ2n) is 9.82. The fourth-order valence-electron chi connectivity index (χ4n) is 4.62. The molecule has 1 heterocycles. The van der Waals surface area contributed by atoms with Crippen LogP contribution < -0.4 is 16.0 Å². The number of aromatic nitrogens is 2. The maximum atomic E-state index is 13.1. The van der Waals surface area contributed by atoms with Crippen LogP contribution in [-0.2, 0) is 6.18 Å². The van der Waals surface area contributed by atoms with Crippen LogP contribution in [0.4, 0.5) is 30.5 Å². The Labute approximate surface area is 234 Å². The van der Waals surface area contributed by atoms with E-state index in [-0.39, 0.29) is 22.9 Å². The van der Waals surface area contributed by atoms with Gasteiger partial charge in [-0.2, -0.15) is 13.2 Å². The zero-order valence-electron chi connectivity index (χ0n) is 22.4. The first-order chi connectivity index (χ1) is 19.4. The summed E-state index contributed by atoms with van der Waals surface area (Å²) in [6, 6.07) is 18.6. The summed E-state index contributed by atoms with van der Waals surface area (Å²) in [7, 11) is 3.85. The van der Waals surface area contributed by atoms with Gasteiger partial charge in [-0.15, -0.1) is 0 Å². The van der Waals surface area contributed by atoms with Gasteiger partial charge >= 0.3 is 6.18 Å². The third-order valence-corrected chi connectivity index (χ3v) is 6.77. The van der Waals surface area contributed by atoms with E-state index in [0.29, 0.717) is 33.2 Å². The predicted molar refractivity (Wildman–Crippen MR) is 155 cm³/mol. The number of halogens is 3. The molecule has 0 aliphatic heterocycles. The van der Waals surface area contributed by atoms with Gasteiger partial charge in [-0.05, 0) is 72.1 Å². The van der Waals surface area contributed by atoms with Crippen LogP contribution >= 0.6 is 0 Å². The van der Waals surface area contributed by atoms with Crippen molar-refractivity contribution in [1.29, 1.82) is 0 Å². The summed E-state index contributed by atoms with van der Waals surface area (Å²) in [5, 5.41) is 14.8. The third-order valence-electron chi connectivity index (χ3n) is 6.77. The lowest BCUT2D eigenvalue weighted by atomic mass is 9.91. The van der Waals surface area contributed by atoms with Crippen LogP contribution in [0, 0.1) is 6.92 Å². The monoisotopic (exact) mass is 557 g/mol. The number of nitrogens with zero attached hydrogens (tertiary/aromatic N) is 3. The fraction of sp³-hybridized carbons (Fsp3) is 0.129. The van der Waals surface area contributed by atoms with Crippen molar-refractivity contribution in [3.63, 3.8) is 0 Å². The molecule has 0 saturated carbocycles. The fourth-order valence-corrected chi connectivity index (χ4v) is 4.62. The predicted octanol–water partition coefficient (Wildman–Crippen LogP) is 6.90. The van der Waals surface area contributed by atoms with E-state index < -0.39 is 17.6 Å². The average molecular weight is 558 g/mol. The molecule has 0 aliphatic carbocycles. The summed E-state index contributed by atoms with van der Waals surface area (Å²) in [5.41, 5.74) is 9.59. The van der Waals surface area contributed by atoms with Crippen LogP contribution in [0.1, 0.15) is 21.5 Å². The molecule has 0 spiro atoms. The normalized spacial score (nSPS) is 11.5. The molecule has 4 aromatic carbocycles. The number of aromatic hydroxyl groups is 1. The van der Waals surface area contributed by atoms with Crippen molar-refractivity contribution in [3.8, 4) is 28.0 Å². The number of nitrogen functional groups attached to an aromatic ring is 1. The number of hydrogen-bond donors (Lipinski definition) is 3. The van der Waals surface area contributed by atoms with Crippen molar-refractivity contribution >= 4 is 34.1 Å². The maximum absolute atomic E-state index is 13.1. The molecule has 0 bridgehead atoms. The van der Waals surface area contributed by atoms with Gasteiger partial charge in [-0.25, -0.2) is 9.97 Å². The molecule has 0 aliphatic rings. The van der Waals surface area contributed by atoms with E-state index in [1.54, 1.807) is 30.5 Å². The number of hydrogen-bond acceptors (Lipinski definition) is 6. The van der Waals surface area contributed by atoms with Crippen LogP contribution in [0.25, 0.3) is 33.2 Å². The molecule has 0 atom stereocenters. The van der Waals surface area contributed by atoms with E-state index >= 15 is 0 Å². The number of carbonyl (C=O) groups is 1. The Morgan fingerprint density at radius 1 is 0.976 bits per heavy atom. The number of phenols is 1. The Morgan fingerprint density at radius 3 is 2.39 bits per heavy atom. The highest BCUT2D eigenvalue weighted by molar-refractivity contribution is 6.06. The van der Waals surface area contributed by atoms with E-state index in [1.165, 1.54) is 12.1 Å². The first-order valence-electron chi connectivity index (χ1n) is 12.6. The van der Waals surface area contributed by atoms with Crippen LogP contribution in [0.2, 0.25) is 0 Å². The second-order valence-corrected chi connectivity index (χ2v) is 9.82. The number of rotatable bonds is 5. The van der Waals surface area contributed by atoms with E-state index in [4.69, 9.17) is 5.73 Å². The van der Waals surface area contributed by atoms with Crippen molar-refractivity contribution in [2.24, 2.45) is 0 Å². The van der Waals surface area contributed by atoms with Gasteiger partial charge in [0.05, 0.1) is 16.6 Å². The van der Waals surface area contributed by atoms with Gasteiger partial charge < -0.3 is 21.1 Å². The zero-order valence-corrected chi connectivity index (χ0v) is 22.4. The minimum Gasteiger partial charge on any atom is -0.507 e. The van der Waals surface area contributed by atoms with Crippen LogP contribution in [0.15, 0.2) is 79.0 Å². The molecule has 0 fully saturated rings. The Bertz CT molecular complexity index is 1780. The number of aryl methyl sites for hydroxylation is 1. The van der Waals surface area contributed by atoms with Crippen LogP contribution in [0.3, 0.4) is 0 Å². The summed E-state index contributed by atoms with van der Waals surface area (Å²) in [4.78, 5) is 23.6. The number of anilines is 3. The molecule has 208 valence electrons. The molecule has 41 heavy (non-hydrogen) atoms. The maximum Gasteiger partial charge on any atom is 0.416 e. The van der Waals surface area contributed by atoms with Crippen molar-refractivity contribution in [2.75, 3.05) is 30.0 Å². The highest BCUT2D eigenvalue weighted by atomic mass is 19.4. The molecule has 10 heteroatoms.